The molecule has 2 aromatic carbocycles. The van der Waals surface area contributed by atoms with Gasteiger partial charge in [-0.25, -0.2) is 0 Å². The minimum atomic E-state index is -0.773. The van der Waals surface area contributed by atoms with Crippen molar-refractivity contribution < 1.29 is 14.7 Å². The van der Waals surface area contributed by atoms with E-state index in [9.17, 15) is 9.59 Å². The summed E-state index contributed by atoms with van der Waals surface area (Å²) in [5.74, 6) is -0.950. The van der Waals surface area contributed by atoms with E-state index >= 15 is 0 Å². The molecule has 2 aromatic rings. The number of benzene rings is 2. The number of anilines is 1. The second kappa shape index (κ2) is 8.87. The van der Waals surface area contributed by atoms with Crippen LogP contribution in [-0.4, -0.2) is 17.0 Å². The van der Waals surface area contributed by atoms with Gasteiger partial charge in [-0.2, -0.15) is 0 Å². The van der Waals surface area contributed by atoms with Crippen molar-refractivity contribution in [2.24, 2.45) is 0 Å². The van der Waals surface area contributed by atoms with Gasteiger partial charge in [0.25, 0.3) is 0 Å². The molecule has 0 aliphatic rings. The third-order valence-corrected chi connectivity index (χ3v) is 4.00. The smallest absolute Gasteiger partial charge is 0.303 e. The van der Waals surface area contributed by atoms with Crippen molar-refractivity contribution in [3.63, 3.8) is 0 Å². The molecule has 1 amide bonds. The second-order valence-electron chi connectivity index (χ2n) is 5.80. The number of carboxylic acid groups (broad SMARTS) is 1. The van der Waals surface area contributed by atoms with E-state index in [1.165, 1.54) is 0 Å². The van der Waals surface area contributed by atoms with E-state index in [0.29, 0.717) is 6.42 Å². The van der Waals surface area contributed by atoms with E-state index in [1.54, 1.807) is 0 Å². The third kappa shape index (κ3) is 5.23. The Kier molecular flexibility index (Phi) is 6.55. The van der Waals surface area contributed by atoms with Gasteiger partial charge in [0.1, 0.15) is 0 Å². The van der Waals surface area contributed by atoms with Gasteiger partial charge in [-0.15, -0.1) is 0 Å². The maximum Gasteiger partial charge on any atom is 0.303 e. The molecule has 0 radical (unpaired) electrons. The summed E-state index contributed by atoms with van der Waals surface area (Å²) >= 11 is 0. The van der Waals surface area contributed by atoms with Gasteiger partial charge in [0.05, 0.1) is 5.92 Å². The number of aliphatic carboxylic acids is 1. The lowest BCUT2D eigenvalue weighted by atomic mass is 9.95. The van der Waals surface area contributed by atoms with Crippen LogP contribution in [0.1, 0.15) is 43.2 Å². The summed E-state index contributed by atoms with van der Waals surface area (Å²) in [6.07, 6.45) is 2.26. The third-order valence-electron chi connectivity index (χ3n) is 4.00. The first kappa shape index (κ1) is 17.7. The van der Waals surface area contributed by atoms with Crippen LogP contribution in [0.2, 0.25) is 0 Å². The zero-order valence-corrected chi connectivity index (χ0v) is 13.9. The van der Waals surface area contributed by atoms with Crippen molar-refractivity contribution in [1.29, 1.82) is 0 Å². The number of carbonyl (C=O) groups is 2. The Balaban J connectivity index is 1.95. The largest absolute Gasteiger partial charge is 0.481 e. The molecule has 0 fully saturated rings. The SMILES string of the molecule is CC[C@H](C(=O)Nc1ccc(CCCC(=O)O)cc1)c1ccccc1. The van der Waals surface area contributed by atoms with Gasteiger partial charge in [-0.3, -0.25) is 9.59 Å². The van der Waals surface area contributed by atoms with E-state index in [2.05, 4.69) is 5.32 Å². The Bertz CT molecular complexity index is 665. The highest BCUT2D eigenvalue weighted by Crippen LogP contribution is 2.22. The predicted molar refractivity (Wildman–Crippen MR) is 95.1 cm³/mol. The van der Waals surface area contributed by atoms with Gasteiger partial charge in [0.15, 0.2) is 0 Å². The Morgan fingerprint density at radius 3 is 2.29 bits per heavy atom. The minimum absolute atomic E-state index is 0.0117. The van der Waals surface area contributed by atoms with E-state index in [1.807, 2.05) is 61.5 Å². The molecule has 4 nitrogen and oxygen atoms in total. The lowest BCUT2D eigenvalue weighted by molar-refractivity contribution is -0.137. The molecule has 0 aromatic heterocycles. The molecule has 0 unspecified atom stereocenters. The minimum Gasteiger partial charge on any atom is -0.481 e. The van der Waals surface area contributed by atoms with Gasteiger partial charge in [0, 0.05) is 12.1 Å². The average Bonchev–Trinajstić information content (AvgIpc) is 2.58. The van der Waals surface area contributed by atoms with E-state index < -0.39 is 5.97 Å². The van der Waals surface area contributed by atoms with Crippen molar-refractivity contribution >= 4 is 17.6 Å². The number of rotatable bonds is 8. The van der Waals surface area contributed by atoms with Crippen LogP contribution >= 0.6 is 0 Å². The van der Waals surface area contributed by atoms with Crippen molar-refractivity contribution in [3.05, 3.63) is 65.7 Å². The first-order valence-electron chi connectivity index (χ1n) is 8.26. The van der Waals surface area contributed by atoms with Gasteiger partial charge < -0.3 is 10.4 Å². The zero-order chi connectivity index (χ0) is 17.4. The Morgan fingerprint density at radius 1 is 1.04 bits per heavy atom. The number of carbonyl (C=O) groups excluding carboxylic acids is 1. The summed E-state index contributed by atoms with van der Waals surface area (Å²) in [4.78, 5) is 23.0. The average molecular weight is 325 g/mol. The molecule has 24 heavy (non-hydrogen) atoms. The molecule has 0 aliphatic carbocycles. The molecule has 2 N–H and O–H groups in total. The van der Waals surface area contributed by atoms with E-state index in [-0.39, 0.29) is 18.2 Å². The highest BCUT2D eigenvalue weighted by Gasteiger charge is 2.18. The van der Waals surface area contributed by atoms with Crippen LogP contribution in [0.4, 0.5) is 5.69 Å². The lowest BCUT2D eigenvalue weighted by Gasteiger charge is -2.15. The molecule has 0 heterocycles. The normalized spacial score (nSPS) is 11.7. The molecule has 0 spiro atoms. The number of hydrogen-bond acceptors (Lipinski definition) is 2. The second-order valence-corrected chi connectivity index (χ2v) is 5.80. The van der Waals surface area contributed by atoms with Crippen molar-refractivity contribution in [3.8, 4) is 0 Å². The van der Waals surface area contributed by atoms with Crippen LogP contribution in [-0.2, 0) is 16.0 Å². The summed E-state index contributed by atoms with van der Waals surface area (Å²) in [5.41, 5.74) is 2.85. The van der Waals surface area contributed by atoms with Gasteiger partial charge >= 0.3 is 5.97 Å². The lowest BCUT2D eigenvalue weighted by Crippen LogP contribution is -2.20. The number of hydrogen-bond donors (Lipinski definition) is 2. The summed E-state index contributed by atoms with van der Waals surface area (Å²) in [5, 5.41) is 11.6. The molecule has 126 valence electrons. The number of carboxylic acids is 1. The summed E-state index contributed by atoms with van der Waals surface area (Å²) in [7, 11) is 0. The van der Waals surface area contributed by atoms with Crippen LogP contribution in [0, 0.1) is 0 Å². The fourth-order valence-electron chi connectivity index (χ4n) is 2.69. The van der Waals surface area contributed by atoms with Crippen LogP contribution in [0.15, 0.2) is 54.6 Å². The molecular formula is C20H23NO3. The fraction of sp³-hybridized carbons (Fsp3) is 0.300. The molecule has 0 saturated heterocycles. The molecule has 4 heteroatoms. The molecule has 1 atom stereocenters. The predicted octanol–water partition coefficient (Wildman–Crippen LogP) is 4.23. The number of nitrogens with one attached hydrogen (secondary N) is 1. The van der Waals surface area contributed by atoms with Crippen LogP contribution in [0.5, 0.6) is 0 Å². The summed E-state index contributed by atoms with van der Waals surface area (Å²) in [6.45, 7) is 2.00. The first-order valence-corrected chi connectivity index (χ1v) is 8.26. The first-order chi connectivity index (χ1) is 11.6. The van der Waals surface area contributed by atoms with Crippen molar-refractivity contribution in [1.82, 2.24) is 0 Å². The van der Waals surface area contributed by atoms with Crippen LogP contribution < -0.4 is 5.32 Å². The Labute approximate surface area is 142 Å². The Hall–Kier alpha value is -2.62. The number of aryl methyl sites for hydroxylation is 1. The summed E-state index contributed by atoms with van der Waals surface area (Å²) < 4.78 is 0. The fourth-order valence-corrected chi connectivity index (χ4v) is 2.69. The molecule has 0 bridgehead atoms. The number of amides is 1. The van der Waals surface area contributed by atoms with Gasteiger partial charge in [-0.1, -0.05) is 49.4 Å². The molecular weight excluding hydrogens is 302 g/mol. The van der Waals surface area contributed by atoms with Crippen LogP contribution in [0.25, 0.3) is 0 Å². The maximum absolute atomic E-state index is 12.5. The molecule has 0 aliphatic heterocycles. The van der Waals surface area contributed by atoms with Gasteiger partial charge in [-0.05, 0) is 42.5 Å². The highest BCUT2D eigenvalue weighted by molar-refractivity contribution is 5.95. The van der Waals surface area contributed by atoms with Gasteiger partial charge in [0.2, 0.25) is 5.91 Å². The molecule has 0 saturated carbocycles. The Morgan fingerprint density at radius 2 is 1.71 bits per heavy atom. The maximum atomic E-state index is 12.5. The molecule has 2 rings (SSSR count). The highest BCUT2D eigenvalue weighted by atomic mass is 16.4. The van der Waals surface area contributed by atoms with E-state index in [0.717, 1.165) is 29.7 Å². The summed E-state index contributed by atoms with van der Waals surface area (Å²) in [6, 6.07) is 17.4. The topological polar surface area (TPSA) is 66.4 Å². The quantitative estimate of drug-likeness (QED) is 0.763. The standard InChI is InChI=1S/C20H23NO3/c1-2-18(16-8-4-3-5-9-16)20(24)21-17-13-11-15(12-14-17)7-6-10-19(22)23/h3-5,8-9,11-14,18H,2,6-7,10H2,1H3,(H,21,24)(H,22,23)/t18-/m0/s1. The zero-order valence-electron chi connectivity index (χ0n) is 13.9. The van der Waals surface area contributed by atoms with Crippen molar-refractivity contribution in [2.45, 2.75) is 38.5 Å². The monoisotopic (exact) mass is 325 g/mol. The van der Waals surface area contributed by atoms with Crippen LogP contribution in [0.3, 0.4) is 0 Å². The van der Waals surface area contributed by atoms with E-state index in [4.69, 9.17) is 5.11 Å². The van der Waals surface area contributed by atoms with Crippen molar-refractivity contribution in [2.75, 3.05) is 5.32 Å².